The van der Waals surface area contributed by atoms with Crippen molar-refractivity contribution >= 4 is 6.21 Å². The number of alkyl halides is 3. The van der Waals surface area contributed by atoms with Crippen molar-refractivity contribution in [3.05, 3.63) is 70.8 Å². The maximum absolute atomic E-state index is 12.5. The molecule has 1 saturated carbocycles. The molecule has 2 aromatic rings. The van der Waals surface area contributed by atoms with E-state index in [9.17, 15) is 13.2 Å². The van der Waals surface area contributed by atoms with Gasteiger partial charge in [-0.05, 0) is 53.6 Å². The Labute approximate surface area is 151 Å². The first-order chi connectivity index (χ1) is 12.5. The van der Waals surface area contributed by atoms with Crippen LogP contribution < -0.4 is 0 Å². The van der Waals surface area contributed by atoms with Gasteiger partial charge in [-0.25, -0.2) is 0 Å². The van der Waals surface area contributed by atoms with Crippen molar-refractivity contribution in [2.24, 2.45) is 5.16 Å². The predicted molar refractivity (Wildman–Crippen MR) is 96.1 cm³/mol. The van der Waals surface area contributed by atoms with Gasteiger partial charge in [-0.3, -0.25) is 0 Å². The molecule has 0 heterocycles. The zero-order chi connectivity index (χ0) is 18.4. The first kappa shape index (κ1) is 18.5. The number of rotatable bonds is 5. The van der Waals surface area contributed by atoms with E-state index >= 15 is 0 Å². The van der Waals surface area contributed by atoms with Gasteiger partial charge in [0.25, 0.3) is 0 Å². The molecule has 0 atom stereocenters. The van der Waals surface area contributed by atoms with Crippen LogP contribution in [0.3, 0.4) is 0 Å². The Morgan fingerprint density at radius 1 is 1.00 bits per heavy atom. The first-order valence-electron chi connectivity index (χ1n) is 8.94. The Morgan fingerprint density at radius 3 is 2.42 bits per heavy atom. The summed E-state index contributed by atoms with van der Waals surface area (Å²) in [6.45, 7) is 0.136. The van der Waals surface area contributed by atoms with Crippen LogP contribution >= 0.6 is 0 Å². The van der Waals surface area contributed by atoms with E-state index in [4.69, 9.17) is 4.84 Å². The molecule has 0 saturated heterocycles. The Balaban J connectivity index is 1.54. The minimum atomic E-state index is -4.32. The van der Waals surface area contributed by atoms with Gasteiger partial charge >= 0.3 is 6.18 Å². The molecule has 1 fully saturated rings. The molecule has 138 valence electrons. The molecule has 3 rings (SSSR count). The molecule has 2 nitrogen and oxygen atoms in total. The number of benzene rings is 2. The fourth-order valence-electron chi connectivity index (χ4n) is 3.33. The first-order valence-corrected chi connectivity index (χ1v) is 8.94. The highest BCUT2D eigenvalue weighted by Gasteiger charge is 2.29. The molecule has 0 radical (unpaired) electrons. The predicted octanol–water partition coefficient (Wildman–Crippen LogP) is 6.30. The average Bonchev–Trinajstić information content (AvgIpc) is 2.66. The fraction of sp³-hybridized carbons (Fsp3) is 0.381. The van der Waals surface area contributed by atoms with Crippen LogP contribution in [-0.2, 0) is 17.6 Å². The van der Waals surface area contributed by atoms with Crippen molar-refractivity contribution in [2.45, 2.75) is 50.8 Å². The van der Waals surface area contributed by atoms with Gasteiger partial charge in [-0.2, -0.15) is 13.2 Å². The maximum Gasteiger partial charge on any atom is 0.416 e. The summed E-state index contributed by atoms with van der Waals surface area (Å²) in [6.07, 6.45) is 3.72. The normalized spacial score (nSPS) is 16.1. The van der Waals surface area contributed by atoms with Crippen molar-refractivity contribution in [3.63, 3.8) is 0 Å². The van der Waals surface area contributed by atoms with Gasteiger partial charge in [0.15, 0.2) is 0 Å². The number of hydrogen-bond acceptors (Lipinski definition) is 2. The third kappa shape index (κ3) is 5.10. The van der Waals surface area contributed by atoms with Crippen LogP contribution in [0.25, 0.3) is 0 Å². The molecule has 0 aromatic heterocycles. The SMILES string of the molecule is FC(F)(F)c1ccc(CON=Cc2cccc(C3CCCCC3)c2)cc1. The second-order valence-electron chi connectivity index (χ2n) is 6.71. The van der Waals surface area contributed by atoms with E-state index in [1.165, 1.54) is 49.8 Å². The van der Waals surface area contributed by atoms with Gasteiger partial charge in [-0.1, -0.05) is 54.8 Å². The number of oxime groups is 1. The summed E-state index contributed by atoms with van der Waals surface area (Å²) in [4.78, 5) is 5.22. The van der Waals surface area contributed by atoms with Crippen LogP contribution in [0.5, 0.6) is 0 Å². The standard InChI is InChI=1S/C21H22F3NO/c22-21(23,24)20-11-9-16(10-12-20)15-26-25-14-17-5-4-8-19(13-17)18-6-2-1-3-7-18/h4-5,8-14,18H,1-3,6-7,15H2. The maximum atomic E-state index is 12.5. The Kier molecular flexibility index (Phi) is 5.96. The van der Waals surface area contributed by atoms with Crippen LogP contribution in [0.15, 0.2) is 53.7 Å². The lowest BCUT2D eigenvalue weighted by atomic mass is 9.84. The zero-order valence-electron chi connectivity index (χ0n) is 14.5. The van der Waals surface area contributed by atoms with Crippen LogP contribution in [0.4, 0.5) is 13.2 Å². The second kappa shape index (κ2) is 8.39. The summed E-state index contributed by atoms with van der Waals surface area (Å²) >= 11 is 0. The fourth-order valence-corrected chi connectivity index (χ4v) is 3.33. The smallest absolute Gasteiger partial charge is 0.391 e. The van der Waals surface area contributed by atoms with Gasteiger partial charge in [0.1, 0.15) is 6.61 Å². The lowest BCUT2D eigenvalue weighted by molar-refractivity contribution is -0.137. The molecule has 0 amide bonds. The summed E-state index contributed by atoms with van der Waals surface area (Å²) in [6, 6.07) is 13.2. The minimum absolute atomic E-state index is 0.136. The summed E-state index contributed by atoms with van der Waals surface area (Å²) in [5, 5.41) is 3.95. The van der Waals surface area contributed by atoms with Crippen LogP contribution in [0, 0.1) is 0 Å². The van der Waals surface area contributed by atoms with Crippen molar-refractivity contribution in [1.82, 2.24) is 0 Å². The van der Waals surface area contributed by atoms with Crippen LogP contribution in [0.1, 0.15) is 60.3 Å². The van der Waals surface area contributed by atoms with E-state index < -0.39 is 11.7 Å². The van der Waals surface area contributed by atoms with Gasteiger partial charge < -0.3 is 4.84 Å². The Bertz CT molecular complexity index is 732. The minimum Gasteiger partial charge on any atom is -0.391 e. The highest BCUT2D eigenvalue weighted by atomic mass is 19.4. The molecule has 26 heavy (non-hydrogen) atoms. The molecule has 0 aliphatic heterocycles. The topological polar surface area (TPSA) is 21.6 Å². The van der Waals surface area contributed by atoms with Crippen molar-refractivity contribution < 1.29 is 18.0 Å². The Morgan fingerprint density at radius 2 is 1.73 bits per heavy atom. The summed E-state index contributed by atoms with van der Waals surface area (Å²) in [7, 11) is 0. The third-order valence-electron chi connectivity index (χ3n) is 4.78. The van der Waals surface area contributed by atoms with Gasteiger partial charge in [0.2, 0.25) is 0 Å². The molecular formula is C21H22F3NO. The largest absolute Gasteiger partial charge is 0.416 e. The lowest BCUT2D eigenvalue weighted by Crippen LogP contribution is -2.04. The highest BCUT2D eigenvalue weighted by Crippen LogP contribution is 2.32. The average molecular weight is 361 g/mol. The molecular weight excluding hydrogens is 339 g/mol. The van der Waals surface area contributed by atoms with E-state index in [-0.39, 0.29) is 6.61 Å². The third-order valence-corrected chi connectivity index (χ3v) is 4.78. The van der Waals surface area contributed by atoms with Gasteiger partial charge in [0, 0.05) is 0 Å². The molecule has 0 spiro atoms. The molecule has 1 aliphatic carbocycles. The molecule has 0 N–H and O–H groups in total. The van der Waals surface area contributed by atoms with Crippen LogP contribution in [-0.4, -0.2) is 6.21 Å². The van der Waals surface area contributed by atoms with Crippen molar-refractivity contribution in [1.29, 1.82) is 0 Å². The number of nitrogens with zero attached hydrogens (tertiary/aromatic N) is 1. The molecule has 1 aliphatic rings. The Hall–Kier alpha value is -2.30. The quantitative estimate of drug-likeness (QED) is 0.452. The van der Waals surface area contributed by atoms with Crippen LogP contribution in [0.2, 0.25) is 0 Å². The van der Waals surface area contributed by atoms with Gasteiger partial charge in [-0.15, -0.1) is 0 Å². The lowest BCUT2D eigenvalue weighted by Gasteiger charge is -2.22. The molecule has 2 aromatic carbocycles. The zero-order valence-corrected chi connectivity index (χ0v) is 14.5. The van der Waals surface area contributed by atoms with Crippen molar-refractivity contribution in [3.8, 4) is 0 Å². The summed E-state index contributed by atoms with van der Waals surface area (Å²) in [5.41, 5.74) is 2.30. The van der Waals surface area contributed by atoms with E-state index in [1.54, 1.807) is 6.21 Å². The molecule has 0 bridgehead atoms. The second-order valence-corrected chi connectivity index (χ2v) is 6.71. The number of halogens is 3. The highest BCUT2D eigenvalue weighted by molar-refractivity contribution is 5.79. The van der Waals surface area contributed by atoms with E-state index in [0.29, 0.717) is 11.5 Å². The van der Waals surface area contributed by atoms with E-state index in [2.05, 4.69) is 17.3 Å². The van der Waals surface area contributed by atoms with Gasteiger partial charge in [0.05, 0.1) is 11.8 Å². The van der Waals surface area contributed by atoms with E-state index in [1.807, 2.05) is 12.1 Å². The van der Waals surface area contributed by atoms with Crippen molar-refractivity contribution in [2.75, 3.05) is 0 Å². The van der Waals surface area contributed by atoms with E-state index in [0.717, 1.165) is 17.7 Å². The monoisotopic (exact) mass is 361 g/mol. The molecule has 5 heteroatoms. The molecule has 0 unspecified atom stereocenters. The summed E-state index contributed by atoms with van der Waals surface area (Å²) < 4.78 is 37.6. The number of hydrogen-bond donors (Lipinski definition) is 0. The summed E-state index contributed by atoms with van der Waals surface area (Å²) in [5.74, 6) is 0.630.